The molecule has 0 fully saturated rings. The largest absolute Gasteiger partial charge is 0.314 e. The quantitative estimate of drug-likeness (QED) is 0.890. The summed E-state index contributed by atoms with van der Waals surface area (Å²) >= 11 is 1.71. The monoisotopic (exact) mass is 292 g/mol. The molecule has 0 aliphatic heterocycles. The average molecular weight is 292 g/mol. The van der Waals surface area contributed by atoms with Crippen molar-refractivity contribution >= 4 is 11.3 Å². The van der Waals surface area contributed by atoms with E-state index in [1.165, 1.54) is 11.3 Å². The number of nitrogens with one attached hydrogen (secondary N) is 1. The number of aryl methyl sites for hydroxylation is 2. The van der Waals surface area contributed by atoms with Gasteiger partial charge in [-0.25, -0.2) is 4.98 Å². The lowest BCUT2D eigenvalue weighted by Crippen LogP contribution is -2.25. The van der Waals surface area contributed by atoms with Crippen LogP contribution in [0.15, 0.2) is 5.38 Å². The molecule has 0 radical (unpaired) electrons. The summed E-state index contributed by atoms with van der Waals surface area (Å²) in [4.78, 5) is 4.52. The maximum Gasteiger partial charge on any atom is 0.114 e. The van der Waals surface area contributed by atoms with E-state index in [9.17, 15) is 0 Å². The lowest BCUT2D eigenvalue weighted by molar-refractivity contribution is 0.588. The van der Waals surface area contributed by atoms with Crippen LogP contribution >= 0.6 is 11.3 Å². The zero-order valence-electron chi connectivity index (χ0n) is 13.0. The van der Waals surface area contributed by atoms with Crippen molar-refractivity contribution in [2.24, 2.45) is 0 Å². The Morgan fingerprint density at radius 3 is 2.65 bits per heavy atom. The highest BCUT2D eigenvalue weighted by molar-refractivity contribution is 7.09. The first kappa shape index (κ1) is 15.2. The van der Waals surface area contributed by atoms with Crippen molar-refractivity contribution in [3.05, 3.63) is 33.0 Å². The number of aromatic nitrogens is 3. The summed E-state index contributed by atoms with van der Waals surface area (Å²) in [6, 6.07) is 0.531. The van der Waals surface area contributed by atoms with Crippen LogP contribution in [0, 0.1) is 20.8 Å². The molecule has 0 unspecified atom stereocenters. The molecular formula is C15H24N4S. The molecule has 0 saturated carbocycles. The fraction of sp³-hybridized carbons (Fsp3) is 0.600. The van der Waals surface area contributed by atoms with Gasteiger partial charge in [0.25, 0.3) is 0 Å². The third-order valence-electron chi connectivity index (χ3n) is 3.41. The van der Waals surface area contributed by atoms with E-state index in [4.69, 9.17) is 0 Å². The van der Waals surface area contributed by atoms with E-state index in [0.29, 0.717) is 6.04 Å². The minimum atomic E-state index is 0.531. The van der Waals surface area contributed by atoms with Crippen molar-refractivity contribution in [2.45, 2.75) is 53.6 Å². The van der Waals surface area contributed by atoms with E-state index in [-0.39, 0.29) is 0 Å². The van der Waals surface area contributed by atoms with Crippen LogP contribution in [0.5, 0.6) is 0 Å². The van der Waals surface area contributed by atoms with Gasteiger partial charge in [-0.05, 0) is 39.3 Å². The van der Waals surface area contributed by atoms with Gasteiger partial charge >= 0.3 is 0 Å². The van der Waals surface area contributed by atoms with Gasteiger partial charge in [0.1, 0.15) is 5.01 Å². The lowest BCUT2D eigenvalue weighted by Gasteiger charge is -2.08. The smallest absolute Gasteiger partial charge is 0.114 e. The first-order valence-electron chi connectivity index (χ1n) is 7.14. The standard InChI is InChI=1S/C15H24N4S/c1-10(2)16-7-6-14-12(4)18-19(13(14)5)8-15-17-11(3)9-20-15/h9-10,16H,6-8H2,1-5H3. The molecule has 5 heteroatoms. The van der Waals surface area contributed by atoms with E-state index < -0.39 is 0 Å². The Hall–Kier alpha value is -1.20. The van der Waals surface area contributed by atoms with Crippen molar-refractivity contribution in [3.8, 4) is 0 Å². The van der Waals surface area contributed by atoms with Crippen molar-refractivity contribution in [1.29, 1.82) is 0 Å². The van der Waals surface area contributed by atoms with Crippen molar-refractivity contribution in [3.63, 3.8) is 0 Å². The molecule has 1 N–H and O–H groups in total. The molecule has 0 bridgehead atoms. The molecule has 0 amide bonds. The Kier molecular flexibility index (Phi) is 4.94. The normalized spacial score (nSPS) is 11.5. The number of nitrogens with zero attached hydrogens (tertiary/aromatic N) is 3. The molecule has 2 aromatic rings. The van der Waals surface area contributed by atoms with E-state index in [0.717, 1.165) is 35.9 Å². The third-order valence-corrected chi connectivity index (χ3v) is 4.36. The molecule has 0 spiro atoms. The Balaban J connectivity index is 2.08. The fourth-order valence-corrected chi connectivity index (χ4v) is 3.09. The zero-order chi connectivity index (χ0) is 14.7. The van der Waals surface area contributed by atoms with Crippen molar-refractivity contribution in [1.82, 2.24) is 20.1 Å². The second kappa shape index (κ2) is 6.50. The molecule has 0 saturated heterocycles. The van der Waals surface area contributed by atoms with Crippen LogP contribution < -0.4 is 5.32 Å². The summed E-state index contributed by atoms with van der Waals surface area (Å²) in [7, 11) is 0. The predicted molar refractivity (Wildman–Crippen MR) is 84.5 cm³/mol. The molecule has 0 aliphatic rings. The molecule has 2 rings (SSSR count). The number of hydrogen-bond donors (Lipinski definition) is 1. The maximum absolute atomic E-state index is 4.67. The summed E-state index contributed by atoms with van der Waals surface area (Å²) < 4.78 is 2.08. The zero-order valence-corrected chi connectivity index (χ0v) is 13.8. The highest BCUT2D eigenvalue weighted by Crippen LogP contribution is 2.17. The highest BCUT2D eigenvalue weighted by atomic mass is 32.1. The Morgan fingerprint density at radius 1 is 1.30 bits per heavy atom. The Morgan fingerprint density at radius 2 is 2.05 bits per heavy atom. The molecule has 20 heavy (non-hydrogen) atoms. The molecule has 110 valence electrons. The Labute approximate surface area is 125 Å². The second-order valence-electron chi connectivity index (χ2n) is 5.55. The van der Waals surface area contributed by atoms with Crippen LogP contribution in [0.3, 0.4) is 0 Å². The SMILES string of the molecule is Cc1csc(Cn2nc(C)c(CCNC(C)C)c2C)n1. The lowest BCUT2D eigenvalue weighted by atomic mass is 10.1. The highest BCUT2D eigenvalue weighted by Gasteiger charge is 2.12. The maximum atomic E-state index is 4.67. The summed E-state index contributed by atoms with van der Waals surface area (Å²) in [6.45, 7) is 12.4. The fourth-order valence-electron chi connectivity index (χ4n) is 2.34. The topological polar surface area (TPSA) is 42.7 Å². The predicted octanol–water partition coefficient (Wildman–Crippen LogP) is 2.85. The minimum absolute atomic E-state index is 0.531. The van der Waals surface area contributed by atoms with E-state index >= 15 is 0 Å². The van der Waals surface area contributed by atoms with Gasteiger partial charge in [-0.1, -0.05) is 13.8 Å². The van der Waals surface area contributed by atoms with E-state index in [1.807, 2.05) is 6.92 Å². The van der Waals surface area contributed by atoms with Crippen LogP contribution in [0.1, 0.15) is 41.5 Å². The van der Waals surface area contributed by atoms with Gasteiger partial charge in [-0.2, -0.15) is 5.10 Å². The molecule has 2 aromatic heterocycles. The van der Waals surface area contributed by atoms with Gasteiger partial charge in [0, 0.05) is 22.8 Å². The van der Waals surface area contributed by atoms with Crippen LogP contribution in [0.25, 0.3) is 0 Å². The van der Waals surface area contributed by atoms with Crippen LogP contribution in [0.2, 0.25) is 0 Å². The summed E-state index contributed by atoms with van der Waals surface area (Å²) in [6.07, 6.45) is 1.03. The van der Waals surface area contributed by atoms with Gasteiger partial charge in [-0.3, -0.25) is 4.68 Å². The van der Waals surface area contributed by atoms with Crippen LogP contribution in [0.4, 0.5) is 0 Å². The minimum Gasteiger partial charge on any atom is -0.314 e. The number of hydrogen-bond acceptors (Lipinski definition) is 4. The summed E-state index contributed by atoms with van der Waals surface area (Å²) in [5.41, 5.74) is 4.86. The summed E-state index contributed by atoms with van der Waals surface area (Å²) in [5.74, 6) is 0. The van der Waals surface area contributed by atoms with Crippen LogP contribution in [-0.4, -0.2) is 27.4 Å². The first-order chi connectivity index (χ1) is 9.47. The number of rotatable bonds is 6. The van der Waals surface area contributed by atoms with Crippen molar-refractivity contribution in [2.75, 3.05) is 6.54 Å². The molecule has 0 atom stereocenters. The van der Waals surface area contributed by atoms with Gasteiger partial charge < -0.3 is 5.32 Å². The molecule has 0 aromatic carbocycles. The van der Waals surface area contributed by atoms with E-state index in [1.54, 1.807) is 11.3 Å². The molecule has 2 heterocycles. The summed E-state index contributed by atoms with van der Waals surface area (Å²) in [5, 5.41) is 11.3. The third kappa shape index (κ3) is 3.67. The Bertz CT molecular complexity index is 568. The molecular weight excluding hydrogens is 268 g/mol. The van der Waals surface area contributed by atoms with Gasteiger partial charge in [0.05, 0.1) is 12.2 Å². The van der Waals surface area contributed by atoms with Crippen LogP contribution in [-0.2, 0) is 13.0 Å². The second-order valence-corrected chi connectivity index (χ2v) is 6.49. The molecule has 0 aliphatic carbocycles. The first-order valence-corrected chi connectivity index (χ1v) is 8.02. The van der Waals surface area contributed by atoms with Gasteiger partial charge in [-0.15, -0.1) is 11.3 Å². The van der Waals surface area contributed by atoms with Gasteiger partial charge in [0.15, 0.2) is 0 Å². The average Bonchev–Trinajstić information content (AvgIpc) is 2.88. The van der Waals surface area contributed by atoms with E-state index in [2.05, 4.69) is 53.2 Å². The molecule has 4 nitrogen and oxygen atoms in total. The van der Waals surface area contributed by atoms with Gasteiger partial charge in [0.2, 0.25) is 0 Å². The van der Waals surface area contributed by atoms with Crippen molar-refractivity contribution < 1.29 is 0 Å². The number of thiazole rings is 1.